The van der Waals surface area contributed by atoms with Crippen LogP contribution in [0.1, 0.15) is 28.8 Å². The van der Waals surface area contributed by atoms with Gasteiger partial charge in [-0.05, 0) is 55.7 Å². The van der Waals surface area contributed by atoms with E-state index in [0.717, 1.165) is 16.4 Å². The van der Waals surface area contributed by atoms with Gasteiger partial charge in [-0.15, -0.1) is 0 Å². The highest BCUT2D eigenvalue weighted by atomic mass is 32.2. The van der Waals surface area contributed by atoms with E-state index in [1.165, 1.54) is 18.2 Å². The van der Waals surface area contributed by atoms with Crippen LogP contribution in [0.15, 0.2) is 41.3 Å². The monoisotopic (exact) mass is 464 g/mol. The van der Waals surface area contributed by atoms with Crippen molar-refractivity contribution in [3.8, 4) is 11.3 Å². The number of carboxylic acid groups (broad SMARTS) is 1. The van der Waals surface area contributed by atoms with Crippen molar-refractivity contribution in [2.24, 2.45) is 0 Å². The number of benzene rings is 2. The van der Waals surface area contributed by atoms with Gasteiger partial charge in [0.05, 0.1) is 27.2 Å². The Morgan fingerprint density at radius 1 is 1.09 bits per heavy atom. The molecule has 2 aromatic carbocycles. The van der Waals surface area contributed by atoms with Crippen LogP contribution in [0.25, 0.3) is 22.2 Å². The molecule has 0 aliphatic carbocycles. The maximum Gasteiger partial charge on any atom is 0.335 e. The largest absolute Gasteiger partial charge is 0.478 e. The van der Waals surface area contributed by atoms with Crippen LogP contribution >= 0.6 is 0 Å². The molecule has 0 amide bonds. The first-order valence-electron chi connectivity index (χ1n) is 9.86. The molecule has 1 aliphatic heterocycles. The van der Waals surface area contributed by atoms with Gasteiger partial charge in [-0.3, -0.25) is 0 Å². The fourth-order valence-corrected chi connectivity index (χ4v) is 5.32. The average Bonchev–Trinajstić information content (AvgIpc) is 2.73. The Labute approximate surface area is 182 Å². The molecule has 0 unspecified atom stereocenters. The lowest BCUT2D eigenvalue weighted by Gasteiger charge is -2.28. The van der Waals surface area contributed by atoms with Crippen molar-refractivity contribution in [2.45, 2.75) is 30.8 Å². The lowest BCUT2D eigenvalue weighted by Crippen LogP contribution is -2.39. The zero-order valence-corrected chi connectivity index (χ0v) is 17.8. The number of aromatic carboxylic acids is 1. The minimum Gasteiger partial charge on any atom is -0.478 e. The molecule has 1 fully saturated rings. The number of hydrogen-bond acceptors (Lipinski definition) is 4. The molecule has 1 N–H and O–H groups in total. The molecule has 4 rings (SSSR count). The van der Waals surface area contributed by atoms with Crippen molar-refractivity contribution in [3.63, 3.8) is 0 Å². The second-order valence-electron chi connectivity index (χ2n) is 7.70. The number of sulfonamides is 1. The summed E-state index contributed by atoms with van der Waals surface area (Å²) in [4.78, 5) is 14.9. The Morgan fingerprint density at radius 3 is 2.31 bits per heavy atom. The van der Waals surface area contributed by atoms with Crippen LogP contribution in [0.4, 0.5) is 13.2 Å². The summed E-state index contributed by atoms with van der Waals surface area (Å²) in [6, 6.07) is 7.18. The number of nitrogens with zero attached hydrogens (tertiary/aromatic N) is 2. The number of rotatable bonds is 4. The zero-order valence-electron chi connectivity index (χ0n) is 17.0. The molecular formula is C22H19F3N2O4S. The molecular weight excluding hydrogens is 445 g/mol. The molecule has 168 valence electrons. The quantitative estimate of drug-likeness (QED) is 0.622. The van der Waals surface area contributed by atoms with Crippen LogP contribution in [-0.4, -0.2) is 48.0 Å². The highest BCUT2D eigenvalue weighted by Gasteiger charge is 2.31. The molecule has 0 radical (unpaired) electrons. The lowest BCUT2D eigenvalue weighted by atomic mass is 10.0. The lowest BCUT2D eigenvalue weighted by molar-refractivity contribution is 0.0697. The molecule has 3 aromatic rings. The summed E-state index contributed by atoms with van der Waals surface area (Å²) in [6.07, 6.45) is -1.04. The molecule has 32 heavy (non-hydrogen) atoms. The molecule has 2 heterocycles. The second kappa shape index (κ2) is 8.18. The first-order chi connectivity index (χ1) is 15.1. The summed E-state index contributed by atoms with van der Waals surface area (Å²) in [5, 5.41) is 9.81. The summed E-state index contributed by atoms with van der Waals surface area (Å²) in [7, 11) is -4.19. The summed E-state index contributed by atoms with van der Waals surface area (Å²) in [5.41, 5.74) is 0.226. The molecule has 6 nitrogen and oxygen atoms in total. The van der Waals surface area contributed by atoms with Gasteiger partial charge in [-0.1, -0.05) is 6.07 Å². The number of aryl methyl sites for hydroxylation is 1. The Morgan fingerprint density at radius 2 is 1.72 bits per heavy atom. The van der Waals surface area contributed by atoms with E-state index in [0.29, 0.717) is 10.9 Å². The Hall–Kier alpha value is -2.98. The number of carbonyl (C=O) groups is 1. The molecule has 1 saturated heterocycles. The summed E-state index contributed by atoms with van der Waals surface area (Å²) in [5.74, 6) is -3.41. The van der Waals surface area contributed by atoms with Crippen molar-refractivity contribution in [2.75, 3.05) is 13.1 Å². The van der Waals surface area contributed by atoms with Crippen LogP contribution in [0.5, 0.6) is 0 Å². The number of carboxylic acids is 1. The highest BCUT2D eigenvalue weighted by Crippen LogP contribution is 2.32. The molecule has 0 atom stereocenters. The maximum atomic E-state index is 15.0. The van der Waals surface area contributed by atoms with Crippen LogP contribution in [0.2, 0.25) is 0 Å². The van der Waals surface area contributed by atoms with E-state index in [-0.39, 0.29) is 42.7 Å². The number of aromatic nitrogens is 1. The predicted molar refractivity (Wildman–Crippen MR) is 112 cm³/mol. The smallest absolute Gasteiger partial charge is 0.335 e. The summed E-state index contributed by atoms with van der Waals surface area (Å²) < 4.78 is 69.9. The van der Waals surface area contributed by atoms with Gasteiger partial charge >= 0.3 is 5.97 Å². The maximum absolute atomic E-state index is 15.0. The Kier molecular flexibility index (Phi) is 5.68. The van der Waals surface area contributed by atoms with Crippen molar-refractivity contribution in [1.82, 2.24) is 9.29 Å². The standard InChI is InChI=1S/C22H19F3N2O4S/c1-12-8-20(26-19-9-13(22(28)29)2-3-16(12)19)21-17(24)10-15(11-18(21)25)32(30,31)27-6-4-14(23)5-7-27/h2-3,8-11,14H,4-7H2,1H3,(H,28,29). The predicted octanol–water partition coefficient (Wildman–Crippen LogP) is 4.31. The number of hydrogen-bond donors (Lipinski definition) is 1. The van der Waals surface area contributed by atoms with Gasteiger partial charge in [-0.25, -0.2) is 31.4 Å². The number of alkyl halides is 1. The molecule has 0 saturated carbocycles. The van der Waals surface area contributed by atoms with E-state index in [9.17, 15) is 31.5 Å². The third-order valence-corrected chi connectivity index (χ3v) is 7.43. The zero-order chi connectivity index (χ0) is 23.2. The van der Waals surface area contributed by atoms with Gasteiger partial charge in [0.25, 0.3) is 0 Å². The minimum absolute atomic E-state index is 0.0269. The van der Waals surface area contributed by atoms with Crippen molar-refractivity contribution in [1.29, 1.82) is 0 Å². The molecule has 0 bridgehead atoms. The fourth-order valence-electron chi connectivity index (χ4n) is 3.82. The van der Waals surface area contributed by atoms with Crippen LogP contribution in [-0.2, 0) is 10.0 Å². The van der Waals surface area contributed by atoms with E-state index >= 15 is 0 Å². The summed E-state index contributed by atoms with van der Waals surface area (Å²) >= 11 is 0. The van der Waals surface area contributed by atoms with E-state index in [2.05, 4.69) is 4.98 Å². The van der Waals surface area contributed by atoms with Crippen LogP contribution in [0, 0.1) is 18.6 Å². The van der Waals surface area contributed by atoms with E-state index in [1.54, 1.807) is 13.0 Å². The van der Waals surface area contributed by atoms with E-state index in [1.807, 2.05) is 0 Å². The molecule has 1 aromatic heterocycles. The van der Waals surface area contributed by atoms with Gasteiger partial charge in [0.2, 0.25) is 10.0 Å². The first-order valence-corrected chi connectivity index (χ1v) is 11.3. The first kappa shape index (κ1) is 22.2. The van der Waals surface area contributed by atoms with Gasteiger partial charge in [0, 0.05) is 18.5 Å². The normalized spacial score (nSPS) is 15.9. The van der Waals surface area contributed by atoms with Gasteiger partial charge in [0.15, 0.2) is 0 Å². The third kappa shape index (κ3) is 3.95. The van der Waals surface area contributed by atoms with Gasteiger partial charge in [0.1, 0.15) is 17.8 Å². The van der Waals surface area contributed by atoms with E-state index in [4.69, 9.17) is 0 Å². The third-order valence-electron chi connectivity index (χ3n) is 5.56. The topological polar surface area (TPSA) is 87.6 Å². The average molecular weight is 464 g/mol. The number of fused-ring (bicyclic) bond motifs is 1. The van der Waals surface area contributed by atoms with Gasteiger partial charge < -0.3 is 5.11 Å². The summed E-state index contributed by atoms with van der Waals surface area (Å²) in [6.45, 7) is 1.56. The van der Waals surface area contributed by atoms with Gasteiger partial charge in [-0.2, -0.15) is 4.31 Å². The molecule has 1 aliphatic rings. The Balaban J connectivity index is 1.78. The minimum atomic E-state index is -4.19. The number of pyridine rings is 1. The Bertz CT molecular complexity index is 1310. The van der Waals surface area contributed by atoms with Crippen LogP contribution in [0.3, 0.4) is 0 Å². The SMILES string of the molecule is Cc1cc(-c2c(F)cc(S(=O)(=O)N3CCC(F)CC3)cc2F)nc2cc(C(=O)O)ccc12. The fraction of sp³-hybridized carbons (Fsp3) is 0.273. The van der Waals surface area contributed by atoms with Crippen molar-refractivity contribution >= 4 is 26.9 Å². The second-order valence-corrected chi connectivity index (χ2v) is 9.64. The number of piperidine rings is 1. The van der Waals surface area contributed by atoms with Crippen molar-refractivity contribution < 1.29 is 31.5 Å². The van der Waals surface area contributed by atoms with Crippen molar-refractivity contribution in [3.05, 3.63) is 59.2 Å². The van der Waals surface area contributed by atoms with Crippen LogP contribution < -0.4 is 0 Å². The molecule has 0 spiro atoms. The molecule has 10 heteroatoms. The number of halogens is 3. The van der Waals surface area contributed by atoms with E-state index < -0.39 is 44.3 Å². The highest BCUT2D eigenvalue weighted by molar-refractivity contribution is 7.89.